The molecule has 3 aliphatic rings. The van der Waals surface area contributed by atoms with Gasteiger partial charge in [0.15, 0.2) is 0 Å². The van der Waals surface area contributed by atoms with Gasteiger partial charge in [0.05, 0.1) is 4.90 Å². The van der Waals surface area contributed by atoms with Crippen LogP contribution in [0.4, 0.5) is 0 Å². The van der Waals surface area contributed by atoms with E-state index in [1.165, 1.54) is 4.31 Å². The predicted molar refractivity (Wildman–Crippen MR) is 93.0 cm³/mol. The summed E-state index contributed by atoms with van der Waals surface area (Å²) in [5.74, 6) is 0.456. The molecule has 0 bridgehead atoms. The molecule has 0 spiro atoms. The summed E-state index contributed by atoms with van der Waals surface area (Å²) in [7, 11) is -3.48. The van der Waals surface area contributed by atoms with Gasteiger partial charge in [-0.1, -0.05) is 24.6 Å². The minimum absolute atomic E-state index is 0.0960. The Bertz CT molecular complexity index is 732. The van der Waals surface area contributed by atoms with Gasteiger partial charge in [-0.25, -0.2) is 13.8 Å². The lowest BCUT2D eigenvalue weighted by molar-refractivity contribution is -0.135. The van der Waals surface area contributed by atoms with Crippen LogP contribution in [0, 0.1) is 5.92 Å². The molecule has 0 aromatic heterocycles. The van der Waals surface area contributed by atoms with E-state index >= 15 is 0 Å². The third kappa shape index (κ3) is 3.08. The summed E-state index contributed by atoms with van der Waals surface area (Å²) in [4.78, 5) is 14.9. The van der Waals surface area contributed by atoms with Crippen molar-refractivity contribution in [1.82, 2.24) is 20.1 Å². The fraction of sp³-hybridized carbons (Fsp3) is 0.588. The number of benzene rings is 1. The van der Waals surface area contributed by atoms with Crippen molar-refractivity contribution in [3.8, 4) is 0 Å². The summed E-state index contributed by atoms with van der Waals surface area (Å²) in [5, 5.41) is 0. The van der Waals surface area contributed by atoms with Crippen molar-refractivity contribution in [1.29, 1.82) is 0 Å². The molecule has 1 aliphatic carbocycles. The number of hydrogen-bond donors (Lipinski definition) is 2. The van der Waals surface area contributed by atoms with Gasteiger partial charge in [-0.15, -0.1) is 0 Å². The molecule has 3 fully saturated rings. The Labute approximate surface area is 148 Å². The molecule has 3 unspecified atom stereocenters. The Hall–Kier alpha value is -1.48. The van der Waals surface area contributed by atoms with Crippen LogP contribution in [0.2, 0.25) is 0 Å². The van der Waals surface area contributed by atoms with E-state index in [9.17, 15) is 13.2 Å². The van der Waals surface area contributed by atoms with Crippen LogP contribution in [0.5, 0.6) is 0 Å². The Morgan fingerprint density at radius 2 is 1.72 bits per heavy atom. The van der Waals surface area contributed by atoms with Crippen molar-refractivity contribution < 1.29 is 13.2 Å². The highest BCUT2D eigenvalue weighted by atomic mass is 32.2. The summed E-state index contributed by atoms with van der Waals surface area (Å²) in [6.07, 6.45) is 3.35. The minimum Gasteiger partial charge on any atom is -0.339 e. The predicted octanol–water partition coefficient (Wildman–Crippen LogP) is 0.165. The lowest BCUT2D eigenvalue weighted by Gasteiger charge is -2.35. The third-order valence-electron chi connectivity index (χ3n) is 5.62. The van der Waals surface area contributed by atoms with E-state index in [2.05, 4.69) is 10.9 Å². The molecule has 7 nitrogen and oxygen atoms in total. The first-order valence-electron chi connectivity index (χ1n) is 8.92. The number of carbonyl (C=O) groups is 1. The molecule has 2 heterocycles. The topological polar surface area (TPSA) is 81.8 Å². The van der Waals surface area contributed by atoms with Crippen LogP contribution in [0.15, 0.2) is 35.2 Å². The van der Waals surface area contributed by atoms with Crippen LogP contribution in [0.25, 0.3) is 0 Å². The van der Waals surface area contributed by atoms with Gasteiger partial charge in [0.2, 0.25) is 15.9 Å². The van der Waals surface area contributed by atoms with Gasteiger partial charge in [-0.2, -0.15) is 4.31 Å². The molecule has 1 amide bonds. The first-order chi connectivity index (χ1) is 12.1. The number of rotatable bonds is 3. The molecule has 1 aromatic carbocycles. The van der Waals surface area contributed by atoms with Crippen LogP contribution in [-0.2, 0) is 14.8 Å². The van der Waals surface area contributed by atoms with Gasteiger partial charge in [0.25, 0.3) is 0 Å². The van der Waals surface area contributed by atoms with Crippen molar-refractivity contribution in [3.63, 3.8) is 0 Å². The van der Waals surface area contributed by atoms with Gasteiger partial charge in [-0.3, -0.25) is 10.2 Å². The second kappa shape index (κ2) is 6.68. The maximum Gasteiger partial charge on any atom is 0.243 e. The highest BCUT2D eigenvalue weighted by molar-refractivity contribution is 7.89. The summed E-state index contributed by atoms with van der Waals surface area (Å²) >= 11 is 0. The number of nitrogens with zero attached hydrogens (tertiary/aromatic N) is 2. The average Bonchev–Trinajstić information content (AvgIpc) is 3.25. The highest BCUT2D eigenvalue weighted by Gasteiger charge is 2.44. The number of hydrogen-bond acceptors (Lipinski definition) is 5. The van der Waals surface area contributed by atoms with Crippen LogP contribution < -0.4 is 10.9 Å². The molecule has 0 radical (unpaired) electrons. The molecular formula is C17H24N4O3S. The van der Waals surface area contributed by atoms with Crippen molar-refractivity contribution >= 4 is 15.9 Å². The smallest absolute Gasteiger partial charge is 0.243 e. The zero-order chi connectivity index (χ0) is 17.4. The molecule has 1 aromatic rings. The Morgan fingerprint density at radius 3 is 2.44 bits per heavy atom. The second-order valence-corrected chi connectivity index (χ2v) is 8.95. The number of fused-ring (bicyclic) bond motifs is 1. The van der Waals surface area contributed by atoms with Gasteiger partial charge < -0.3 is 4.90 Å². The van der Waals surface area contributed by atoms with E-state index in [1.54, 1.807) is 35.2 Å². The average molecular weight is 364 g/mol. The lowest BCUT2D eigenvalue weighted by Crippen LogP contribution is -2.55. The number of sulfonamides is 1. The Kier molecular flexibility index (Phi) is 4.53. The molecule has 8 heteroatoms. The molecule has 25 heavy (non-hydrogen) atoms. The van der Waals surface area contributed by atoms with Crippen LogP contribution in [-0.4, -0.2) is 61.8 Å². The minimum atomic E-state index is -3.48. The molecule has 3 atom stereocenters. The molecule has 2 N–H and O–H groups in total. The zero-order valence-electron chi connectivity index (χ0n) is 14.1. The maximum absolute atomic E-state index is 12.8. The summed E-state index contributed by atoms with van der Waals surface area (Å²) < 4.78 is 26.8. The molecular weight excluding hydrogens is 340 g/mol. The summed E-state index contributed by atoms with van der Waals surface area (Å²) in [6.45, 7) is 1.58. The molecule has 2 saturated heterocycles. The summed E-state index contributed by atoms with van der Waals surface area (Å²) in [6, 6.07) is 8.70. The molecule has 136 valence electrons. The molecule has 1 saturated carbocycles. The van der Waals surface area contributed by atoms with E-state index in [1.807, 2.05) is 0 Å². The number of amides is 1. The molecule has 2 aliphatic heterocycles. The van der Waals surface area contributed by atoms with E-state index in [0.717, 1.165) is 19.3 Å². The quantitative estimate of drug-likeness (QED) is 0.799. The van der Waals surface area contributed by atoms with Gasteiger partial charge in [0.1, 0.15) is 6.04 Å². The zero-order valence-corrected chi connectivity index (χ0v) is 14.9. The second-order valence-electron chi connectivity index (χ2n) is 7.01. The fourth-order valence-corrected chi connectivity index (χ4v) is 5.65. The number of nitrogens with one attached hydrogen (secondary N) is 2. The SMILES string of the molecule is O=C(C1NNC2CCCC21)N1CCN(S(=O)(=O)c2ccccc2)CC1. The van der Waals surface area contributed by atoms with E-state index in [-0.39, 0.29) is 11.9 Å². The van der Waals surface area contributed by atoms with E-state index < -0.39 is 10.0 Å². The van der Waals surface area contributed by atoms with Crippen LogP contribution in [0.3, 0.4) is 0 Å². The van der Waals surface area contributed by atoms with Crippen LogP contribution >= 0.6 is 0 Å². The number of carbonyl (C=O) groups excluding carboxylic acids is 1. The van der Waals surface area contributed by atoms with Crippen molar-refractivity contribution in [2.45, 2.75) is 36.2 Å². The number of hydrazine groups is 1. The summed E-state index contributed by atoms with van der Waals surface area (Å²) in [5.41, 5.74) is 6.39. The van der Waals surface area contributed by atoms with Crippen LogP contribution in [0.1, 0.15) is 19.3 Å². The maximum atomic E-state index is 12.8. The number of piperazine rings is 1. The Balaban J connectivity index is 1.39. The van der Waals surface area contributed by atoms with Crippen molar-refractivity contribution in [3.05, 3.63) is 30.3 Å². The standard InChI is InChI=1S/C17H24N4O3S/c22-17(16-14-7-4-8-15(14)18-19-16)20-9-11-21(12-10-20)25(23,24)13-5-2-1-3-6-13/h1-3,5-6,14-16,18-19H,4,7-12H2. The largest absolute Gasteiger partial charge is 0.339 e. The Morgan fingerprint density at radius 1 is 1.00 bits per heavy atom. The fourth-order valence-electron chi connectivity index (χ4n) is 4.20. The van der Waals surface area contributed by atoms with Gasteiger partial charge >= 0.3 is 0 Å². The van der Waals surface area contributed by atoms with Gasteiger partial charge in [-0.05, 0) is 25.0 Å². The van der Waals surface area contributed by atoms with E-state index in [0.29, 0.717) is 43.0 Å². The third-order valence-corrected chi connectivity index (χ3v) is 7.53. The van der Waals surface area contributed by atoms with E-state index in [4.69, 9.17) is 0 Å². The van der Waals surface area contributed by atoms with Crippen molar-refractivity contribution in [2.75, 3.05) is 26.2 Å². The highest BCUT2D eigenvalue weighted by Crippen LogP contribution is 2.32. The first kappa shape index (κ1) is 17.0. The monoisotopic (exact) mass is 364 g/mol. The van der Waals surface area contributed by atoms with Crippen molar-refractivity contribution in [2.24, 2.45) is 5.92 Å². The van der Waals surface area contributed by atoms with Gasteiger partial charge in [0, 0.05) is 38.1 Å². The first-order valence-corrected chi connectivity index (χ1v) is 10.4. The molecule has 4 rings (SSSR count). The lowest BCUT2D eigenvalue weighted by atomic mass is 9.96. The normalized spacial score (nSPS) is 30.4.